The number of ether oxygens (including phenoxy) is 1. The van der Waals surface area contributed by atoms with Crippen LogP contribution >= 0.6 is 11.6 Å². The van der Waals surface area contributed by atoms with Gasteiger partial charge >= 0.3 is 5.97 Å². The Hall–Kier alpha value is -0.610. The second-order valence-electron chi connectivity index (χ2n) is 2.88. The van der Waals surface area contributed by atoms with Crippen molar-refractivity contribution in [3.05, 3.63) is 0 Å². The molecule has 0 rings (SSSR count). The summed E-state index contributed by atoms with van der Waals surface area (Å²) in [6.45, 7) is 1.03. The third-order valence-electron chi connectivity index (χ3n) is 1.33. The molecule has 0 N–H and O–H groups in total. The highest BCUT2D eigenvalue weighted by molar-refractivity contribution is 6.63. The molecule has 76 valence electrons. The van der Waals surface area contributed by atoms with E-state index >= 15 is 0 Å². The summed E-state index contributed by atoms with van der Waals surface area (Å²) in [5, 5.41) is -0.510. The number of hydrogen-bond donors (Lipinski definition) is 0. The molecule has 0 aromatic carbocycles. The van der Waals surface area contributed by atoms with Crippen LogP contribution in [0.15, 0.2) is 0 Å². The lowest BCUT2D eigenvalue weighted by atomic mass is 10.3. The number of halogens is 1. The fraction of sp³-hybridized carbons (Fsp3) is 0.750. The fourth-order valence-electron chi connectivity index (χ4n) is 0.615. The molecule has 0 spiro atoms. The molecule has 4 nitrogen and oxygen atoms in total. The predicted octanol–water partition coefficient (Wildman–Crippen LogP) is 0.637. The summed E-state index contributed by atoms with van der Waals surface area (Å²) in [7, 11) is 3.77. The van der Waals surface area contributed by atoms with Crippen molar-refractivity contribution >= 4 is 22.8 Å². The van der Waals surface area contributed by atoms with Gasteiger partial charge in [0.25, 0.3) is 0 Å². The van der Waals surface area contributed by atoms with Crippen molar-refractivity contribution in [1.82, 2.24) is 4.90 Å². The third kappa shape index (κ3) is 9.30. The van der Waals surface area contributed by atoms with Crippen molar-refractivity contribution in [2.45, 2.75) is 12.8 Å². The third-order valence-corrected chi connectivity index (χ3v) is 1.52. The van der Waals surface area contributed by atoms with Crippen molar-refractivity contribution in [3.63, 3.8) is 0 Å². The molecule has 5 heteroatoms. The number of nitrogens with zero attached hydrogens (tertiary/aromatic N) is 1. The number of likely N-dealkylation sites (N-methyl/N-ethyl adjacent to an activating group) is 1. The monoisotopic (exact) mass is 207 g/mol. The van der Waals surface area contributed by atoms with Gasteiger partial charge < -0.3 is 9.64 Å². The molecule has 0 radical (unpaired) electrons. The normalized spacial score (nSPS) is 10.2. The van der Waals surface area contributed by atoms with Gasteiger partial charge in [-0.1, -0.05) is 0 Å². The Kier molecular flexibility index (Phi) is 6.54. The zero-order chi connectivity index (χ0) is 10.3. The molecular weight excluding hydrogens is 194 g/mol. The highest BCUT2D eigenvalue weighted by Gasteiger charge is 2.05. The molecule has 0 fully saturated rings. The number of hydrogen-bond acceptors (Lipinski definition) is 4. The minimum absolute atomic E-state index is 0.0440. The van der Waals surface area contributed by atoms with Crippen LogP contribution in [-0.2, 0) is 14.3 Å². The second-order valence-corrected chi connectivity index (χ2v) is 3.30. The van der Waals surface area contributed by atoms with Crippen molar-refractivity contribution in [2.75, 3.05) is 27.2 Å². The SMILES string of the molecule is CN(C)CCOC(=O)CCC(=O)Cl. The molecule has 0 aliphatic carbocycles. The smallest absolute Gasteiger partial charge is 0.306 e. The molecule has 0 aromatic rings. The lowest BCUT2D eigenvalue weighted by molar-refractivity contribution is -0.144. The quantitative estimate of drug-likeness (QED) is 0.474. The number of rotatable bonds is 6. The molecule has 0 unspecified atom stereocenters. The molecule has 0 bridgehead atoms. The van der Waals surface area contributed by atoms with Crippen molar-refractivity contribution in [2.24, 2.45) is 0 Å². The lowest BCUT2D eigenvalue weighted by Gasteiger charge is -2.09. The number of esters is 1. The number of carbonyl (C=O) groups is 2. The average molecular weight is 208 g/mol. The Morgan fingerprint density at radius 3 is 2.38 bits per heavy atom. The van der Waals surface area contributed by atoms with Gasteiger partial charge in [-0.05, 0) is 25.7 Å². The van der Waals surface area contributed by atoms with E-state index in [1.165, 1.54) is 0 Å². The Morgan fingerprint density at radius 1 is 1.31 bits per heavy atom. The summed E-state index contributed by atoms with van der Waals surface area (Å²) in [5.74, 6) is -0.379. The molecule has 0 saturated heterocycles. The van der Waals surface area contributed by atoms with Crippen LogP contribution in [0.3, 0.4) is 0 Å². The van der Waals surface area contributed by atoms with Crippen molar-refractivity contribution in [3.8, 4) is 0 Å². The molecule has 0 aromatic heterocycles. The van der Waals surface area contributed by atoms with Gasteiger partial charge in [-0.15, -0.1) is 0 Å². The summed E-state index contributed by atoms with van der Waals surface area (Å²) >= 11 is 5.05. The maximum atomic E-state index is 10.9. The minimum atomic E-state index is -0.510. The molecular formula is C8H14ClNO3. The molecule has 0 aliphatic heterocycles. The van der Waals surface area contributed by atoms with Gasteiger partial charge in [0, 0.05) is 13.0 Å². The molecule has 13 heavy (non-hydrogen) atoms. The number of carbonyl (C=O) groups excluding carboxylic acids is 2. The lowest BCUT2D eigenvalue weighted by Crippen LogP contribution is -2.20. The predicted molar refractivity (Wildman–Crippen MR) is 49.6 cm³/mol. The molecule has 0 saturated carbocycles. The van der Waals surface area contributed by atoms with Crippen LogP contribution in [0.4, 0.5) is 0 Å². The van der Waals surface area contributed by atoms with E-state index in [0.717, 1.165) is 0 Å². The van der Waals surface area contributed by atoms with Crippen LogP contribution in [-0.4, -0.2) is 43.4 Å². The highest BCUT2D eigenvalue weighted by Crippen LogP contribution is 1.96. The van der Waals surface area contributed by atoms with Gasteiger partial charge in [-0.25, -0.2) is 0 Å². The second kappa shape index (κ2) is 6.86. The van der Waals surface area contributed by atoms with Crippen LogP contribution in [0.5, 0.6) is 0 Å². The van der Waals surface area contributed by atoms with Gasteiger partial charge in [-0.2, -0.15) is 0 Å². The summed E-state index contributed by atoms with van der Waals surface area (Å²) in [6, 6.07) is 0. The van der Waals surface area contributed by atoms with E-state index in [2.05, 4.69) is 0 Å². The van der Waals surface area contributed by atoms with Crippen LogP contribution in [0.1, 0.15) is 12.8 Å². The maximum absolute atomic E-state index is 10.9. The van der Waals surface area contributed by atoms with E-state index in [9.17, 15) is 9.59 Å². The fourth-order valence-corrected chi connectivity index (χ4v) is 0.709. The van der Waals surface area contributed by atoms with E-state index in [-0.39, 0.29) is 18.8 Å². The molecule has 0 amide bonds. The first kappa shape index (κ1) is 12.4. The summed E-state index contributed by atoms with van der Waals surface area (Å²) in [6.07, 6.45) is 0.109. The van der Waals surface area contributed by atoms with Gasteiger partial charge in [0.1, 0.15) is 6.61 Å². The van der Waals surface area contributed by atoms with E-state index < -0.39 is 5.24 Å². The molecule has 0 heterocycles. The van der Waals surface area contributed by atoms with Gasteiger partial charge in [0.2, 0.25) is 5.24 Å². The Balaban J connectivity index is 3.36. The topological polar surface area (TPSA) is 46.6 Å². The van der Waals surface area contributed by atoms with Crippen LogP contribution in [0, 0.1) is 0 Å². The van der Waals surface area contributed by atoms with Crippen LogP contribution < -0.4 is 0 Å². The minimum Gasteiger partial charge on any atom is -0.464 e. The highest BCUT2D eigenvalue weighted by atomic mass is 35.5. The van der Waals surface area contributed by atoms with Crippen molar-refractivity contribution in [1.29, 1.82) is 0 Å². The first-order valence-electron chi connectivity index (χ1n) is 4.01. The molecule has 0 atom stereocenters. The van der Waals surface area contributed by atoms with Crippen molar-refractivity contribution < 1.29 is 14.3 Å². The van der Waals surface area contributed by atoms with E-state index in [1.807, 2.05) is 19.0 Å². The maximum Gasteiger partial charge on any atom is 0.306 e. The Morgan fingerprint density at radius 2 is 1.92 bits per heavy atom. The van der Waals surface area contributed by atoms with Gasteiger partial charge in [0.05, 0.1) is 6.42 Å². The van der Waals surface area contributed by atoms with Crippen LogP contribution in [0.2, 0.25) is 0 Å². The zero-order valence-corrected chi connectivity index (χ0v) is 8.63. The average Bonchev–Trinajstić information content (AvgIpc) is 2.00. The van der Waals surface area contributed by atoms with Gasteiger partial charge in [-0.3, -0.25) is 9.59 Å². The summed E-state index contributed by atoms with van der Waals surface area (Å²) in [5.41, 5.74) is 0. The molecule has 0 aliphatic rings. The Bertz CT molecular complexity index is 182. The largest absolute Gasteiger partial charge is 0.464 e. The van der Waals surface area contributed by atoms with E-state index in [1.54, 1.807) is 0 Å². The van der Waals surface area contributed by atoms with E-state index in [4.69, 9.17) is 16.3 Å². The first-order chi connectivity index (χ1) is 6.02. The van der Waals surface area contributed by atoms with E-state index in [0.29, 0.717) is 13.2 Å². The summed E-state index contributed by atoms with van der Waals surface area (Å²) < 4.78 is 4.81. The van der Waals surface area contributed by atoms with Crippen LogP contribution in [0.25, 0.3) is 0 Å². The summed E-state index contributed by atoms with van der Waals surface area (Å²) in [4.78, 5) is 23.1. The Labute approximate surface area is 82.8 Å². The zero-order valence-electron chi connectivity index (χ0n) is 7.88. The standard InChI is InChI=1S/C8H14ClNO3/c1-10(2)5-6-13-8(12)4-3-7(9)11/h3-6H2,1-2H3. The van der Waals surface area contributed by atoms with Gasteiger partial charge in [0.15, 0.2) is 0 Å². The first-order valence-corrected chi connectivity index (χ1v) is 4.39.